The molecule has 1 aromatic heterocycles. The number of aromatic nitrogens is 2. The summed E-state index contributed by atoms with van der Waals surface area (Å²) in [6.07, 6.45) is -9.04. The first-order valence-corrected chi connectivity index (χ1v) is 11.4. The third-order valence-electron chi connectivity index (χ3n) is 5.53. The minimum absolute atomic E-state index is 0.0250. The summed E-state index contributed by atoms with van der Waals surface area (Å²) in [6.45, 7) is 0. The number of nitrogens with one attached hydrogen (secondary N) is 1. The van der Waals surface area contributed by atoms with E-state index in [0.717, 1.165) is 12.1 Å². The van der Waals surface area contributed by atoms with E-state index in [0.29, 0.717) is 22.4 Å². The fourth-order valence-electron chi connectivity index (χ4n) is 3.68. The lowest BCUT2D eigenvalue weighted by molar-refractivity contribution is -0.138. The molecule has 0 spiro atoms. The zero-order chi connectivity index (χ0) is 29.2. The number of H-pyrrole nitrogens is 1. The van der Waals surface area contributed by atoms with Gasteiger partial charge in [0.1, 0.15) is 22.9 Å². The average molecular weight is 561 g/mol. The van der Waals surface area contributed by atoms with Crippen molar-refractivity contribution >= 4 is 33.8 Å². The number of rotatable bonds is 3. The molecule has 0 saturated carbocycles. The van der Waals surface area contributed by atoms with E-state index in [-0.39, 0.29) is 34.3 Å². The molecule has 13 heteroatoms. The van der Waals surface area contributed by atoms with Crippen LogP contribution in [0.5, 0.6) is 11.5 Å². The van der Waals surface area contributed by atoms with Gasteiger partial charge in [0.05, 0.1) is 16.6 Å². The van der Waals surface area contributed by atoms with Crippen molar-refractivity contribution in [2.75, 3.05) is 22.9 Å². The Kier molecular flexibility index (Phi) is 7.40. The largest absolute Gasteiger partial charge is 0.457 e. The minimum Gasteiger partial charge on any atom is -0.457 e. The van der Waals surface area contributed by atoms with Crippen LogP contribution in [0.1, 0.15) is 11.1 Å². The van der Waals surface area contributed by atoms with Crippen LogP contribution in [-0.4, -0.2) is 9.97 Å². The molecule has 5 aromatic rings. The Labute approximate surface area is 223 Å². The van der Waals surface area contributed by atoms with E-state index < -0.39 is 23.5 Å². The van der Waals surface area contributed by atoms with Gasteiger partial charge in [-0.1, -0.05) is 0 Å². The van der Waals surface area contributed by atoms with Crippen LogP contribution in [0.15, 0.2) is 78.9 Å². The van der Waals surface area contributed by atoms with Gasteiger partial charge in [0.15, 0.2) is 0 Å². The summed E-state index contributed by atoms with van der Waals surface area (Å²) in [5.41, 5.74) is 22.4. The van der Waals surface area contributed by atoms with E-state index in [4.69, 9.17) is 27.7 Å². The maximum Gasteiger partial charge on any atom is 0.420 e. The summed E-state index contributed by atoms with van der Waals surface area (Å²) in [5, 5.41) is 0. The summed E-state index contributed by atoms with van der Waals surface area (Å²) in [5.74, 6) is 0.0962. The second-order valence-corrected chi connectivity index (χ2v) is 8.59. The van der Waals surface area contributed by atoms with E-state index in [9.17, 15) is 26.3 Å². The number of ether oxygens (including phenoxy) is 1. The third kappa shape index (κ3) is 6.49. The molecule has 1 heterocycles. The van der Waals surface area contributed by atoms with Crippen LogP contribution in [0, 0.1) is 0 Å². The lowest BCUT2D eigenvalue weighted by Gasteiger charge is -2.14. The molecule has 4 aromatic carbocycles. The molecule has 0 fully saturated rings. The van der Waals surface area contributed by atoms with Crippen molar-refractivity contribution in [2.24, 2.45) is 0 Å². The fraction of sp³-hybridized carbons (Fsp3) is 0.0741. The number of anilines is 4. The van der Waals surface area contributed by atoms with Gasteiger partial charge in [-0.2, -0.15) is 26.3 Å². The first-order chi connectivity index (χ1) is 18.7. The van der Waals surface area contributed by atoms with Gasteiger partial charge in [-0.25, -0.2) is 4.98 Å². The molecule has 0 radical (unpaired) electrons. The van der Waals surface area contributed by atoms with Gasteiger partial charge in [0.2, 0.25) is 0 Å². The first kappa shape index (κ1) is 28.0. The van der Waals surface area contributed by atoms with E-state index in [1.807, 2.05) is 0 Å². The fourth-order valence-corrected chi connectivity index (χ4v) is 3.68. The molecule has 0 bridgehead atoms. The van der Waals surface area contributed by atoms with Gasteiger partial charge in [-0.05, 0) is 78.9 Å². The van der Waals surface area contributed by atoms with Crippen molar-refractivity contribution in [3.8, 4) is 22.9 Å². The molecule has 0 amide bonds. The van der Waals surface area contributed by atoms with Crippen molar-refractivity contribution in [2.45, 2.75) is 12.4 Å². The first-order valence-electron chi connectivity index (χ1n) is 11.4. The molecule has 0 atom stereocenters. The number of fused-ring (bicyclic) bond motifs is 1. The van der Waals surface area contributed by atoms with E-state index in [1.165, 1.54) is 36.4 Å². The number of nitrogen functional groups attached to an aromatic ring is 4. The number of nitrogens with zero attached hydrogens (tertiary/aromatic N) is 1. The quantitative estimate of drug-likeness (QED) is 0.118. The second kappa shape index (κ2) is 10.6. The molecule has 0 aliphatic carbocycles. The van der Waals surface area contributed by atoms with Crippen LogP contribution < -0.4 is 27.7 Å². The average Bonchev–Trinajstić information content (AvgIpc) is 3.29. The molecule has 40 heavy (non-hydrogen) atoms. The molecular weight excluding hydrogens is 538 g/mol. The normalized spacial score (nSPS) is 11.7. The standard InChI is InChI=1S/C14H11F3N4.C13H11F3N2O/c15-14(16,17)10-5-7(18)1-3-9(10)13-20-11-4-2-8(19)6-12(11)21-13;14-13(15,16)11-7-9(18)3-6-12(11)19-10-4-1-8(17)2-5-10/h1-6H,18-19H2,(H,20,21);1-7H,17-18H2. The maximum absolute atomic E-state index is 13.1. The zero-order valence-corrected chi connectivity index (χ0v) is 20.4. The Bertz CT molecular complexity index is 1640. The van der Waals surface area contributed by atoms with Gasteiger partial charge in [0, 0.05) is 28.3 Å². The monoisotopic (exact) mass is 560 g/mol. The van der Waals surface area contributed by atoms with Gasteiger partial charge in [-0.3, -0.25) is 0 Å². The highest BCUT2D eigenvalue weighted by Gasteiger charge is 2.35. The molecule has 9 N–H and O–H groups in total. The zero-order valence-electron chi connectivity index (χ0n) is 20.4. The summed E-state index contributed by atoms with van der Waals surface area (Å²) in [7, 11) is 0. The van der Waals surface area contributed by atoms with Crippen molar-refractivity contribution in [1.29, 1.82) is 0 Å². The summed E-state index contributed by atoms with van der Waals surface area (Å²) >= 11 is 0. The van der Waals surface area contributed by atoms with Gasteiger partial charge in [0.25, 0.3) is 0 Å². The highest BCUT2D eigenvalue weighted by Crippen LogP contribution is 2.40. The smallest absolute Gasteiger partial charge is 0.420 e. The van der Waals surface area contributed by atoms with Crippen molar-refractivity contribution in [1.82, 2.24) is 9.97 Å². The number of aromatic amines is 1. The molecule has 0 aliphatic heterocycles. The Balaban J connectivity index is 0.000000186. The molecule has 5 rings (SSSR count). The van der Waals surface area contributed by atoms with Crippen LogP contribution in [0.4, 0.5) is 49.1 Å². The number of hydrogen-bond donors (Lipinski definition) is 5. The Hall–Kier alpha value is -5.07. The van der Waals surface area contributed by atoms with Gasteiger partial charge in [-0.15, -0.1) is 0 Å². The lowest BCUT2D eigenvalue weighted by atomic mass is 10.1. The number of nitrogens with two attached hydrogens (primary N) is 4. The Morgan fingerprint density at radius 2 is 1.12 bits per heavy atom. The van der Waals surface area contributed by atoms with Crippen LogP contribution in [0.25, 0.3) is 22.4 Å². The topological polar surface area (TPSA) is 142 Å². The molecule has 0 unspecified atom stereocenters. The van der Waals surface area contributed by atoms with Crippen LogP contribution in [0.2, 0.25) is 0 Å². The molecule has 7 nitrogen and oxygen atoms in total. The maximum atomic E-state index is 13.1. The predicted octanol–water partition coefficient (Wildman–Crippen LogP) is 7.08. The number of imidazole rings is 1. The molecule has 208 valence electrons. The Morgan fingerprint density at radius 1 is 0.600 bits per heavy atom. The SMILES string of the molecule is Nc1ccc(-c2nc3ccc(N)cc3[nH]2)c(C(F)(F)F)c1.Nc1ccc(Oc2ccc(N)cc2C(F)(F)F)cc1. The minimum atomic E-state index is -4.53. The van der Waals surface area contributed by atoms with Crippen molar-refractivity contribution in [3.05, 3.63) is 90.0 Å². The third-order valence-corrected chi connectivity index (χ3v) is 5.53. The molecular formula is C27H22F6N6O. The molecule has 0 saturated heterocycles. The van der Waals surface area contributed by atoms with Crippen LogP contribution in [0.3, 0.4) is 0 Å². The van der Waals surface area contributed by atoms with E-state index in [1.54, 1.807) is 30.3 Å². The number of benzene rings is 4. The number of halogens is 6. The number of alkyl halides is 6. The van der Waals surface area contributed by atoms with Crippen molar-refractivity contribution < 1.29 is 31.1 Å². The van der Waals surface area contributed by atoms with Crippen molar-refractivity contribution in [3.63, 3.8) is 0 Å². The number of hydrogen-bond acceptors (Lipinski definition) is 6. The predicted molar refractivity (Wildman–Crippen MR) is 142 cm³/mol. The highest BCUT2D eigenvalue weighted by molar-refractivity contribution is 5.83. The summed E-state index contributed by atoms with van der Waals surface area (Å²) in [6, 6.07) is 18.0. The summed E-state index contributed by atoms with van der Waals surface area (Å²) < 4.78 is 83.1. The van der Waals surface area contributed by atoms with Gasteiger partial charge >= 0.3 is 12.4 Å². The summed E-state index contributed by atoms with van der Waals surface area (Å²) in [4.78, 5) is 7.03. The van der Waals surface area contributed by atoms with E-state index >= 15 is 0 Å². The lowest BCUT2D eigenvalue weighted by Crippen LogP contribution is -2.08. The molecule has 0 aliphatic rings. The highest BCUT2D eigenvalue weighted by atomic mass is 19.4. The van der Waals surface area contributed by atoms with Crippen LogP contribution >= 0.6 is 0 Å². The van der Waals surface area contributed by atoms with E-state index in [2.05, 4.69) is 9.97 Å². The second-order valence-electron chi connectivity index (χ2n) is 8.59. The Morgan fingerprint density at radius 3 is 1.75 bits per heavy atom. The van der Waals surface area contributed by atoms with Gasteiger partial charge < -0.3 is 32.7 Å². The van der Waals surface area contributed by atoms with Crippen LogP contribution in [-0.2, 0) is 12.4 Å².